The number of hydrogen-bond donors (Lipinski definition) is 1. The van der Waals surface area contributed by atoms with Crippen LogP contribution in [0.2, 0.25) is 15.1 Å². The zero-order valence-corrected chi connectivity index (χ0v) is 31.9. The summed E-state index contributed by atoms with van der Waals surface area (Å²) in [6.45, 7) is 1.50. The standard InChI is InChI=1S/C12H9BrClNO2.C10H6Br2ClN.C10H7BrClNO/c1-7(16)17-6-9-2-10-8(3-12(9)14)4-15-5-11(10)13;11-3-6-1-8-7(2-10(6)13)4-14-5-9(8)12;11-9-4-13-3-6-2-10(12)7(5-14)1-8(6)9/h2-5H,6H2,1H3;1-2,4-5H,3H2;1-4,14H,5H2. The number of nitrogens with zero attached hydrogens (tertiary/aromatic N) is 3. The van der Waals surface area contributed by atoms with Gasteiger partial charge in [0.2, 0.25) is 0 Å². The first kappa shape index (κ1) is 36.0. The van der Waals surface area contributed by atoms with E-state index in [-0.39, 0.29) is 19.2 Å². The summed E-state index contributed by atoms with van der Waals surface area (Å²) in [6.07, 6.45) is 10.5. The van der Waals surface area contributed by atoms with Crippen LogP contribution in [0.5, 0.6) is 0 Å². The highest BCUT2D eigenvalue weighted by atomic mass is 79.9. The zero-order chi connectivity index (χ0) is 32.7. The molecule has 0 radical (unpaired) electrons. The Hall–Kier alpha value is -1.89. The highest BCUT2D eigenvalue weighted by molar-refractivity contribution is 9.11. The number of pyridine rings is 3. The van der Waals surface area contributed by atoms with Crippen molar-refractivity contribution in [1.82, 2.24) is 15.0 Å². The SMILES string of the molecule is CC(=O)OCc1cc2c(Br)cncc2cc1Cl.Clc1cc2cncc(Br)c2cc1CBr.OCc1cc2c(Br)cncc2cc1Cl. The van der Waals surface area contributed by atoms with Gasteiger partial charge in [-0.05, 0) is 111 Å². The summed E-state index contributed by atoms with van der Waals surface area (Å²) in [6, 6.07) is 11.4. The van der Waals surface area contributed by atoms with Crippen LogP contribution in [0.1, 0.15) is 23.6 Å². The molecule has 0 bridgehead atoms. The van der Waals surface area contributed by atoms with Crippen molar-refractivity contribution in [1.29, 1.82) is 0 Å². The summed E-state index contributed by atoms with van der Waals surface area (Å²) in [5, 5.41) is 17.8. The molecule has 3 aromatic heterocycles. The average Bonchev–Trinajstić information content (AvgIpc) is 3.01. The van der Waals surface area contributed by atoms with E-state index >= 15 is 0 Å². The molecule has 0 saturated carbocycles. The van der Waals surface area contributed by atoms with Crippen LogP contribution in [0.3, 0.4) is 0 Å². The number of carbonyl (C=O) groups excluding carboxylic acids is 1. The lowest BCUT2D eigenvalue weighted by Crippen LogP contribution is -1.99. The van der Waals surface area contributed by atoms with E-state index in [1.165, 1.54) is 6.92 Å². The highest BCUT2D eigenvalue weighted by Gasteiger charge is 2.08. The van der Waals surface area contributed by atoms with Gasteiger partial charge in [0.1, 0.15) is 6.61 Å². The minimum atomic E-state index is -0.324. The van der Waals surface area contributed by atoms with Crippen LogP contribution in [-0.2, 0) is 28.1 Å². The van der Waals surface area contributed by atoms with Crippen molar-refractivity contribution in [3.63, 3.8) is 0 Å². The smallest absolute Gasteiger partial charge is 0.302 e. The van der Waals surface area contributed by atoms with Gasteiger partial charge in [0.15, 0.2) is 0 Å². The molecule has 0 fully saturated rings. The number of esters is 1. The maximum absolute atomic E-state index is 10.8. The Morgan fingerprint density at radius 2 is 1.04 bits per heavy atom. The molecule has 45 heavy (non-hydrogen) atoms. The normalized spacial score (nSPS) is 10.7. The summed E-state index contributed by atoms with van der Waals surface area (Å²) < 4.78 is 7.73. The maximum Gasteiger partial charge on any atom is 0.302 e. The number of halogens is 7. The molecular weight excluding hydrogens is 900 g/mol. The molecule has 3 heterocycles. The first-order valence-electron chi connectivity index (χ1n) is 13.0. The quantitative estimate of drug-likeness (QED) is 0.140. The topological polar surface area (TPSA) is 85.2 Å². The third-order valence-corrected chi connectivity index (χ3v) is 9.93. The van der Waals surface area contributed by atoms with Gasteiger partial charge in [-0.3, -0.25) is 19.7 Å². The van der Waals surface area contributed by atoms with E-state index in [0.717, 1.165) is 72.8 Å². The van der Waals surface area contributed by atoms with Gasteiger partial charge in [-0.2, -0.15) is 0 Å². The van der Waals surface area contributed by atoms with Gasteiger partial charge < -0.3 is 9.84 Å². The molecule has 0 atom stereocenters. The predicted molar refractivity (Wildman–Crippen MR) is 197 cm³/mol. The second-order valence-corrected chi connectivity index (χ2v) is 13.8. The summed E-state index contributed by atoms with van der Waals surface area (Å²) in [5.41, 5.74) is 2.60. The van der Waals surface area contributed by atoms with Crippen LogP contribution < -0.4 is 0 Å². The number of rotatable bonds is 4. The number of benzene rings is 3. The van der Waals surface area contributed by atoms with Crippen LogP contribution in [0.15, 0.2) is 87.0 Å². The largest absolute Gasteiger partial charge is 0.461 e. The van der Waals surface area contributed by atoms with Crippen LogP contribution in [0, 0.1) is 0 Å². The zero-order valence-electron chi connectivity index (χ0n) is 23.3. The van der Waals surface area contributed by atoms with Gasteiger partial charge in [-0.1, -0.05) is 50.7 Å². The van der Waals surface area contributed by atoms with Gasteiger partial charge in [0, 0.05) is 99.6 Å². The molecule has 0 saturated heterocycles. The number of aliphatic hydroxyl groups is 1. The molecule has 6 rings (SSSR count). The lowest BCUT2D eigenvalue weighted by atomic mass is 10.1. The Morgan fingerprint density at radius 3 is 1.44 bits per heavy atom. The molecule has 3 aromatic carbocycles. The van der Waals surface area contributed by atoms with Crippen molar-refractivity contribution < 1.29 is 14.6 Å². The number of ether oxygens (including phenoxy) is 1. The fraction of sp³-hybridized carbons (Fsp3) is 0.125. The van der Waals surface area contributed by atoms with E-state index in [1.807, 2.05) is 30.5 Å². The van der Waals surface area contributed by atoms with Crippen molar-refractivity contribution in [2.75, 3.05) is 0 Å². The lowest BCUT2D eigenvalue weighted by Gasteiger charge is -2.07. The van der Waals surface area contributed by atoms with Crippen LogP contribution in [0.4, 0.5) is 0 Å². The average molecular weight is 923 g/mol. The van der Waals surface area contributed by atoms with E-state index < -0.39 is 0 Å². The van der Waals surface area contributed by atoms with Gasteiger partial charge in [0.25, 0.3) is 0 Å². The molecule has 1 N–H and O–H groups in total. The van der Waals surface area contributed by atoms with Crippen molar-refractivity contribution >= 4 is 137 Å². The first-order chi connectivity index (χ1) is 21.5. The maximum atomic E-state index is 10.8. The number of aromatic nitrogens is 3. The van der Waals surface area contributed by atoms with Crippen molar-refractivity contribution in [2.45, 2.75) is 25.5 Å². The molecule has 0 unspecified atom stereocenters. The second kappa shape index (κ2) is 16.8. The minimum absolute atomic E-state index is 0.0520. The molecule has 13 heteroatoms. The van der Waals surface area contributed by atoms with Crippen LogP contribution in [0.25, 0.3) is 32.3 Å². The molecule has 232 valence electrons. The molecule has 0 aliphatic heterocycles. The Labute approximate surface area is 308 Å². The highest BCUT2D eigenvalue weighted by Crippen LogP contribution is 2.31. The van der Waals surface area contributed by atoms with E-state index in [4.69, 9.17) is 44.6 Å². The molecule has 6 nitrogen and oxygen atoms in total. The van der Waals surface area contributed by atoms with Gasteiger partial charge in [-0.15, -0.1) is 0 Å². The van der Waals surface area contributed by atoms with Crippen molar-refractivity contribution in [3.05, 3.63) is 119 Å². The van der Waals surface area contributed by atoms with E-state index in [0.29, 0.717) is 10.0 Å². The van der Waals surface area contributed by atoms with Gasteiger partial charge in [-0.25, -0.2) is 0 Å². The molecule has 0 aliphatic carbocycles. The second-order valence-electron chi connectivity index (χ2n) is 9.43. The molecule has 6 aromatic rings. The Bertz CT molecular complexity index is 1920. The molecular formula is C32H22Br4Cl3N3O3. The Balaban J connectivity index is 0.000000155. The summed E-state index contributed by atoms with van der Waals surface area (Å²) in [4.78, 5) is 23.0. The minimum Gasteiger partial charge on any atom is -0.461 e. The number of aliphatic hydroxyl groups excluding tert-OH is 1. The number of carbonyl (C=O) groups is 1. The summed E-state index contributed by atoms with van der Waals surface area (Å²) in [7, 11) is 0. The lowest BCUT2D eigenvalue weighted by molar-refractivity contribution is -0.142. The van der Waals surface area contributed by atoms with Gasteiger partial charge in [0.05, 0.1) is 6.61 Å². The molecule has 0 spiro atoms. The van der Waals surface area contributed by atoms with E-state index in [2.05, 4.69) is 84.7 Å². The third-order valence-electron chi connectivity index (χ3n) is 6.38. The molecule has 0 aliphatic rings. The number of alkyl halides is 1. The van der Waals surface area contributed by atoms with Crippen molar-refractivity contribution in [2.24, 2.45) is 0 Å². The summed E-state index contributed by atoms with van der Waals surface area (Å²) in [5.74, 6) is -0.324. The summed E-state index contributed by atoms with van der Waals surface area (Å²) >= 11 is 31.8. The number of fused-ring (bicyclic) bond motifs is 3. The fourth-order valence-corrected chi connectivity index (χ4v) is 6.82. The predicted octanol–water partition coefficient (Wildman–Crippen LogP) is 11.4. The first-order valence-corrected chi connectivity index (χ1v) is 17.6. The third kappa shape index (κ3) is 9.35. The fourth-order valence-electron chi connectivity index (χ4n) is 4.11. The number of hydrogen-bond acceptors (Lipinski definition) is 6. The van der Waals surface area contributed by atoms with E-state index in [1.54, 1.807) is 37.1 Å². The van der Waals surface area contributed by atoms with E-state index in [9.17, 15) is 4.79 Å². The van der Waals surface area contributed by atoms with Gasteiger partial charge >= 0.3 is 5.97 Å². The van der Waals surface area contributed by atoms with Crippen LogP contribution >= 0.6 is 98.5 Å². The Kier molecular flexibility index (Phi) is 13.4. The van der Waals surface area contributed by atoms with Crippen LogP contribution in [-0.4, -0.2) is 26.0 Å². The molecule has 0 amide bonds. The Morgan fingerprint density at radius 1 is 0.667 bits per heavy atom. The monoisotopic (exact) mass is 917 g/mol. The van der Waals surface area contributed by atoms with Crippen molar-refractivity contribution in [3.8, 4) is 0 Å².